The van der Waals surface area contributed by atoms with Gasteiger partial charge in [-0.1, -0.05) is 133 Å². The van der Waals surface area contributed by atoms with Crippen LogP contribution in [-0.2, 0) is 6.54 Å². The van der Waals surface area contributed by atoms with Gasteiger partial charge in [-0.25, -0.2) is 4.99 Å². The Morgan fingerprint density at radius 1 is 0.621 bits per heavy atom. The maximum atomic E-state index is 5.13. The molecule has 1 aliphatic carbocycles. The summed E-state index contributed by atoms with van der Waals surface area (Å²) in [5.74, 6) is 0.879. The molecule has 58 heavy (non-hydrogen) atoms. The molecule has 4 heterocycles. The number of nitrogens with zero attached hydrogens (tertiary/aromatic N) is 3. The summed E-state index contributed by atoms with van der Waals surface area (Å²) in [6.45, 7) is 0.776. The Morgan fingerprint density at radius 3 is 2.16 bits per heavy atom. The molecule has 4 aliphatic rings. The van der Waals surface area contributed by atoms with Crippen LogP contribution < -0.4 is 20.9 Å². The minimum atomic E-state index is -0.191. The van der Waals surface area contributed by atoms with Gasteiger partial charge in [0.25, 0.3) is 0 Å². The van der Waals surface area contributed by atoms with E-state index in [1.807, 2.05) is 6.07 Å². The van der Waals surface area contributed by atoms with Gasteiger partial charge in [0.05, 0.1) is 23.6 Å². The van der Waals surface area contributed by atoms with Crippen molar-refractivity contribution in [1.29, 1.82) is 0 Å². The third kappa shape index (κ3) is 5.89. The first-order valence-electron chi connectivity index (χ1n) is 20.2. The quantitative estimate of drug-likeness (QED) is 0.158. The van der Waals surface area contributed by atoms with Crippen LogP contribution >= 0.6 is 0 Å². The van der Waals surface area contributed by atoms with Crippen LogP contribution in [0.5, 0.6) is 0 Å². The number of fused-ring (bicyclic) bond motifs is 6. The minimum Gasteiger partial charge on any atom is -0.385 e. The zero-order chi connectivity index (χ0) is 38.4. The maximum absolute atomic E-state index is 5.13. The lowest BCUT2D eigenvalue weighted by Crippen LogP contribution is -2.44. The van der Waals surface area contributed by atoms with E-state index >= 15 is 0 Å². The number of amidine groups is 1. The number of rotatable bonds is 6. The van der Waals surface area contributed by atoms with Crippen molar-refractivity contribution >= 4 is 28.9 Å². The van der Waals surface area contributed by atoms with Crippen LogP contribution in [0.4, 0.5) is 11.4 Å². The zero-order valence-electron chi connectivity index (χ0n) is 32.0. The highest BCUT2D eigenvalue weighted by Gasteiger charge is 2.35. The van der Waals surface area contributed by atoms with Crippen LogP contribution in [-0.4, -0.2) is 10.4 Å². The molecule has 11 rings (SSSR count). The molecule has 6 nitrogen and oxygen atoms in total. The third-order valence-electron chi connectivity index (χ3n) is 11.7. The van der Waals surface area contributed by atoms with Crippen molar-refractivity contribution in [2.45, 2.75) is 31.7 Å². The molecule has 2 unspecified atom stereocenters. The lowest BCUT2D eigenvalue weighted by atomic mass is 9.90. The highest BCUT2D eigenvalue weighted by Crippen LogP contribution is 2.52. The van der Waals surface area contributed by atoms with E-state index in [1.54, 1.807) is 0 Å². The fraction of sp³-hybridized carbons (Fsp3) is 0.0962. The predicted octanol–water partition coefficient (Wildman–Crippen LogP) is 11.4. The van der Waals surface area contributed by atoms with Crippen LogP contribution in [0.1, 0.15) is 58.7 Å². The van der Waals surface area contributed by atoms with E-state index in [-0.39, 0.29) is 12.3 Å². The largest absolute Gasteiger partial charge is 0.385 e. The van der Waals surface area contributed by atoms with E-state index in [2.05, 4.69) is 208 Å². The molecule has 1 aromatic heterocycles. The Kier molecular flexibility index (Phi) is 8.48. The highest BCUT2D eigenvalue weighted by atomic mass is 15.3. The topological polar surface area (TPSA) is 56.6 Å². The van der Waals surface area contributed by atoms with E-state index < -0.39 is 0 Å². The number of aromatic nitrogens is 1. The number of nitrogens with one attached hydrogen (secondary N) is 3. The van der Waals surface area contributed by atoms with Gasteiger partial charge in [-0.2, -0.15) is 0 Å². The van der Waals surface area contributed by atoms with Gasteiger partial charge in [0.1, 0.15) is 18.2 Å². The molecule has 2 atom stereocenters. The van der Waals surface area contributed by atoms with Crippen LogP contribution in [0, 0.1) is 0 Å². The minimum absolute atomic E-state index is 0.150. The molecular formula is C52H42N6. The SMILES string of the molecule is C1=CC2=C(CC1)c1c3c(n(-c4ccccc4)c1-c1ccccc1N2c1cccc(-c2cccc(C4NC(c5ccccc5)=NC(c5ccccc5)N4)c2)c1)CNC=C3. The number of para-hydroxylation sites is 2. The molecule has 0 saturated heterocycles. The monoisotopic (exact) mass is 750 g/mol. The van der Waals surface area contributed by atoms with Gasteiger partial charge in [-0.3, -0.25) is 5.32 Å². The molecule has 280 valence electrons. The molecule has 3 N–H and O–H groups in total. The van der Waals surface area contributed by atoms with E-state index in [0.29, 0.717) is 0 Å². The predicted molar refractivity (Wildman–Crippen MR) is 238 cm³/mol. The van der Waals surface area contributed by atoms with Crippen LogP contribution in [0.25, 0.3) is 39.7 Å². The normalized spacial score (nSPS) is 17.9. The van der Waals surface area contributed by atoms with Crippen LogP contribution in [0.15, 0.2) is 193 Å². The van der Waals surface area contributed by atoms with Crippen molar-refractivity contribution in [1.82, 2.24) is 20.5 Å². The van der Waals surface area contributed by atoms with Crippen LogP contribution in [0.3, 0.4) is 0 Å². The Hall–Kier alpha value is -7.15. The molecule has 0 radical (unpaired) electrons. The van der Waals surface area contributed by atoms with Gasteiger partial charge >= 0.3 is 0 Å². The van der Waals surface area contributed by atoms with E-state index in [4.69, 9.17) is 4.99 Å². The molecule has 3 aliphatic heterocycles. The van der Waals surface area contributed by atoms with Crippen molar-refractivity contribution in [2.75, 3.05) is 4.90 Å². The molecule has 7 aromatic rings. The first-order valence-corrected chi connectivity index (χ1v) is 20.2. The number of aliphatic imine (C=N–C) groups is 1. The molecule has 0 spiro atoms. The average Bonchev–Trinajstić information content (AvgIpc) is 3.59. The summed E-state index contributed by atoms with van der Waals surface area (Å²) in [5.41, 5.74) is 18.2. The van der Waals surface area contributed by atoms with E-state index in [9.17, 15) is 0 Å². The second-order valence-corrected chi connectivity index (χ2v) is 15.2. The van der Waals surface area contributed by atoms with Gasteiger partial charge in [0.2, 0.25) is 0 Å². The number of hydrogen-bond acceptors (Lipinski definition) is 5. The second kappa shape index (κ2) is 14.4. The van der Waals surface area contributed by atoms with Gasteiger partial charge in [-0.15, -0.1) is 0 Å². The van der Waals surface area contributed by atoms with Crippen molar-refractivity contribution in [3.05, 3.63) is 221 Å². The molecule has 0 amide bonds. The van der Waals surface area contributed by atoms with Crippen molar-refractivity contribution in [3.8, 4) is 28.1 Å². The van der Waals surface area contributed by atoms with Crippen molar-refractivity contribution in [3.63, 3.8) is 0 Å². The molecular weight excluding hydrogens is 709 g/mol. The first-order chi connectivity index (χ1) is 28.8. The molecule has 0 fully saturated rings. The highest BCUT2D eigenvalue weighted by molar-refractivity contribution is 6.01. The third-order valence-corrected chi connectivity index (χ3v) is 11.7. The molecule has 0 bridgehead atoms. The summed E-state index contributed by atoms with van der Waals surface area (Å²) in [7, 11) is 0. The standard InChI is InChI=1S/C52H42N6/c1-4-16-35(17-5-1)50-54-51(36-18-6-2-7-19-36)56-52(55-50)39-22-14-20-37(32-39)38-21-15-25-41(33-38)57-45-28-12-10-26-42(45)48-43-30-31-53-34-47(43)58(40-23-8-3-9-24-40)49(48)44-27-11-13-29-46(44)57/h1-9,11-25,27-33,50,52-53,55H,10,26,34H2,(H,54,56). The summed E-state index contributed by atoms with van der Waals surface area (Å²) in [5, 5.41) is 11.0. The number of hydrogen-bond donors (Lipinski definition) is 3. The number of benzene rings is 6. The van der Waals surface area contributed by atoms with Gasteiger partial charge in [0, 0.05) is 39.3 Å². The smallest absolute Gasteiger partial charge is 0.131 e. The van der Waals surface area contributed by atoms with Crippen LogP contribution in [0.2, 0.25) is 0 Å². The number of allylic oxidation sites excluding steroid dienone is 3. The summed E-state index contributed by atoms with van der Waals surface area (Å²) < 4.78 is 2.50. The molecule has 6 aromatic carbocycles. The van der Waals surface area contributed by atoms with E-state index in [1.165, 1.54) is 50.7 Å². The lowest BCUT2D eigenvalue weighted by Gasteiger charge is -2.32. The Labute approximate surface area is 339 Å². The Morgan fingerprint density at radius 2 is 1.31 bits per heavy atom. The zero-order valence-corrected chi connectivity index (χ0v) is 32.0. The van der Waals surface area contributed by atoms with Gasteiger partial charge in [-0.05, 0) is 95.4 Å². The van der Waals surface area contributed by atoms with Gasteiger partial charge in [0.15, 0.2) is 0 Å². The average molecular weight is 751 g/mol. The molecule has 6 heteroatoms. The number of anilines is 2. The summed E-state index contributed by atoms with van der Waals surface area (Å²) in [6.07, 6.45) is 10.7. The lowest BCUT2D eigenvalue weighted by molar-refractivity contribution is 0.409. The summed E-state index contributed by atoms with van der Waals surface area (Å²) in [6, 6.07) is 58.6. The second-order valence-electron chi connectivity index (χ2n) is 15.2. The van der Waals surface area contributed by atoms with Gasteiger partial charge < -0.3 is 20.1 Å². The maximum Gasteiger partial charge on any atom is 0.131 e. The Bertz CT molecular complexity index is 2790. The molecule has 0 saturated carbocycles. The van der Waals surface area contributed by atoms with E-state index in [0.717, 1.165) is 58.7 Å². The fourth-order valence-electron chi connectivity index (χ4n) is 9.11. The Balaban J connectivity index is 1.02. The first kappa shape index (κ1) is 34.1. The van der Waals surface area contributed by atoms with Crippen molar-refractivity contribution in [2.24, 2.45) is 4.99 Å². The van der Waals surface area contributed by atoms with Crippen molar-refractivity contribution < 1.29 is 0 Å². The summed E-state index contributed by atoms with van der Waals surface area (Å²) >= 11 is 0. The summed E-state index contributed by atoms with van der Waals surface area (Å²) in [4.78, 5) is 7.63. The fourth-order valence-corrected chi connectivity index (χ4v) is 9.11.